The molecule has 0 aliphatic rings. The molecule has 0 spiro atoms. The molecule has 0 amide bonds. The Labute approximate surface area is 229 Å². The predicted octanol–water partition coefficient (Wildman–Crippen LogP) is 3.90. The summed E-state index contributed by atoms with van der Waals surface area (Å²) in [6, 6.07) is -1.22. The second-order valence-electron chi connectivity index (χ2n) is 8.05. The smallest absolute Gasteiger partial charge is 0.323 e. The van der Waals surface area contributed by atoms with Crippen molar-refractivity contribution in [3.8, 4) is 0 Å². The van der Waals surface area contributed by atoms with Gasteiger partial charge in [-0.1, -0.05) is 55.9 Å². The summed E-state index contributed by atoms with van der Waals surface area (Å²) in [6.45, 7) is 10.2. The third-order valence-corrected chi connectivity index (χ3v) is 4.29. The minimum Gasteiger partial charge on any atom is -0.481 e. The van der Waals surface area contributed by atoms with E-state index in [2.05, 4.69) is 0 Å². The van der Waals surface area contributed by atoms with E-state index in [0.717, 1.165) is 12.8 Å². The molecule has 0 radical (unpaired) electrons. The summed E-state index contributed by atoms with van der Waals surface area (Å²) in [6.07, 6.45) is 2.95. The Hall–Kier alpha value is -1.47. The first kappa shape index (κ1) is 40.7. The molecule has 10 nitrogen and oxygen atoms in total. The molecular formula is C24H51IN2O8. The van der Waals surface area contributed by atoms with Gasteiger partial charge in [-0.15, -0.1) is 23.8 Å². The maximum absolute atomic E-state index is 11.4. The van der Waals surface area contributed by atoms with Gasteiger partial charge in [-0.3, -0.25) is 19.2 Å². The van der Waals surface area contributed by atoms with Gasteiger partial charge in [0.05, 0.1) is 19.8 Å². The van der Waals surface area contributed by atoms with Gasteiger partial charge in [0.2, 0.25) is 0 Å². The van der Waals surface area contributed by atoms with Crippen LogP contribution in [-0.2, 0) is 33.4 Å². The number of hydrogen-bond donors (Lipinski definition) is 3. The molecule has 0 heterocycles. The van der Waals surface area contributed by atoms with Crippen molar-refractivity contribution in [2.24, 2.45) is 23.3 Å². The van der Waals surface area contributed by atoms with Crippen molar-refractivity contribution in [2.75, 3.05) is 19.8 Å². The molecule has 35 heavy (non-hydrogen) atoms. The molecule has 0 bridgehead atoms. The van der Waals surface area contributed by atoms with Crippen LogP contribution in [0.15, 0.2) is 0 Å². The number of carboxylic acids is 1. The van der Waals surface area contributed by atoms with Crippen LogP contribution in [0.3, 0.4) is 0 Å². The molecule has 0 aromatic carbocycles. The Morgan fingerprint density at radius 2 is 1.14 bits per heavy atom. The van der Waals surface area contributed by atoms with E-state index < -0.39 is 30.0 Å². The Kier molecular flexibility index (Phi) is 31.5. The Morgan fingerprint density at radius 1 is 0.771 bits per heavy atom. The summed E-state index contributed by atoms with van der Waals surface area (Å²) >= 11 is 1.40. The lowest BCUT2D eigenvalue weighted by Gasteiger charge is -2.14. The number of carbonyl (C=O) groups excluding carboxylic acids is 3. The van der Waals surface area contributed by atoms with Crippen LogP contribution in [0.25, 0.3) is 0 Å². The molecule has 0 rings (SSSR count). The highest BCUT2D eigenvalue weighted by molar-refractivity contribution is 14.0. The summed E-state index contributed by atoms with van der Waals surface area (Å²) in [5, 5.41) is 8.31. The fourth-order valence-electron chi connectivity index (χ4n) is 1.92. The molecule has 0 saturated heterocycles. The first-order valence-corrected chi connectivity index (χ1v) is 11.2. The third kappa shape index (κ3) is 27.0. The van der Waals surface area contributed by atoms with E-state index in [-0.39, 0.29) is 58.7 Å². The third-order valence-electron chi connectivity index (χ3n) is 4.29. The average molecular weight is 624 g/mol. The van der Waals surface area contributed by atoms with Gasteiger partial charge in [0.1, 0.15) is 12.7 Å². The topological polar surface area (TPSA) is 168 Å². The normalized spacial score (nSPS) is 11.5. The number of carboxylic acid groups (broad SMARTS) is 1. The summed E-state index contributed by atoms with van der Waals surface area (Å²) < 4.78 is 20.4. The lowest BCUT2D eigenvalue weighted by molar-refractivity contribution is -0.149. The SMILES string of the molecule is C.C.CC(C)[C@H](N)C(=O)OCCCC(=O)O.CCCCOC(=O)CCCOC(=O)[C@@H](N)C(C)C.[2H]I. The Bertz CT molecular complexity index is 566. The van der Waals surface area contributed by atoms with E-state index in [1.54, 1.807) is 0 Å². The fourth-order valence-corrected chi connectivity index (χ4v) is 1.92. The zero-order valence-corrected chi connectivity index (χ0v) is 22.7. The lowest BCUT2D eigenvalue weighted by atomic mass is 10.1. The van der Waals surface area contributed by atoms with Gasteiger partial charge in [-0.05, 0) is 31.1 Å². The van der Waals surface area contributed by atoms with Crippen LogP contribution in [0, 0.1) is 11.8 Å². The summed E-state index contributed by atoms with van der Waals surface area (Å²) in [5.74, 6) is -1.94. The van der Waals surface area contributed by atoms with Gasteiger partial charge in [-0.2, -0.15) is 0 Å². The monoisotopic (exact) mass is 623 g/mol. The quantitative estimate of drug-likeness (QED) is 0.105. The van der Waals surface area contributed by atoms with Crippen LogP contribution in [0.2, 0.25) is 0 Å². The molecule has 0 aromatic heterocycles. The van der Waals surface area contributed by atoms with Crippen molar-refractivity contribution in [3.63, 3.8) is 0 Å². The van der Waals surface area contributed by atoms with Crippen molar-refractivity contribution < 1.29 is 38.5 Å². The maximum Gasteiger partial charge on any atom is 0.323 e. The van der Waals surface area contributed by atoms with Crippen LogP contribution >= 0.6 is 23.8 Å². The van der Waals surface area contributed by atoms with Crippen molar-refractivity contribution >= 4 is 47.7 Å². The number of hydrogen-bond acceptors (Lipinski definition) is 9. The highest BCUT2D eigenvalue weighted by Crippen LogP contribution is 2.03. The Morgan fingerprint density at radius 3 is 1.49 bits per heavy atom. The van der Waals surface area contributed by atoms with Crippen molar-refractivity contribution in [2.45, 2.75) is 100 Å². The molecule has 0 aromatic rings. The predicted molar refractivity (Wildman–Crippen MR) is 148 cm³/mol. The van der Waals surface area contributed by atoms with Crippen molar-refractivity contribution in [1.82, 2.24) is 0 Å². The van der Waals surface area contributed by atoms with Crippen molar-refractivity contribution in [1.29, 1.82) is 0.594 Å². The van der Waals surface area contributed by atoms with E-state index in [4.69, 9.17) is 31.4 Å². The van der Waals surface area contributed by atoms with Crippen LogP contribution in [0.5, 0.6) is 0 Å². The number of rotatable bonds is 15. The minimum atomic E-state index is -0.894. The van der Waals surface area contributed by atoms with E-state index >= 15 is 0 Å². The second kappa shape index (κ2) is 27.1. The van der Waals surface area contributed by atoms with Gasteiger partial charge < -0.3 is 30.8 Å². The first-order valence-electron chi connectivity index (χ1n) is 11.5. The largest absolute Gasteiger partial charge is 0.481 e. The lowest BCUT2D eigenvalue weighted by Crippen LogP contribution is -2.37. The van der Waals surface area contributed by atoms with E-state index in [0.29, 0.717) is 19.4 Å². The number of carbonyl (C=O) groups is 4. The number of nitrogens with two attached hydrogens (primary N) is 2. The van der Waals surface area contributed by atoms with Crippen LogP contribution in [-0.4, -0.2) is 61.5 Å². The molecule has 0 saturated carbocycles. The fraction of sp³-hybridized carbons (Fsp3) is 0.833. The molecular weight excluding hydrogens is 571 g/mol. The van der Waals surface area contributed by atoms with Gasteiger partial charge >= 0.3 is 23.9 Å². The number of halogens is 1. The molecule has 2 atom stereocenters. The first-order chi connectivity index (χ1) is 15.9. The number of unbranched alkanes of at least 4 members (excludes halogenated alkanes) is 1. The molecule has 0 aliphatic heterocycles. The summed E-state index contributed by atoms with van der Waals surface area (Å²) in [7, 11) is 0. The number of esters is 3. The van der Waals surface area contributed by atoms with E-state index in [9.17, 15) is 19.2 Å². The van der Waals surface area contributed by atoms with Crippen molar-refractivity contribution in [3.05, 3.63) is 0 Å². The van der Waals surface area contributed by atoms with Gasteiger partial charge in [0.15, 0.2) is 0 Å². The zero-order valence-electron chi connectivity index (χ0n) is 21.5. The van der Waals surface area contributed by atoms with Gasteiger partial charge in [0, 0.05) is 12.8 Å². The highest BCUT2D eigenvalue weighted by Gasteiger charge is 2.19. The number of aliphatic carboxylic acids is 1. The van der Waals surface area contributed by atoms with Crippen LogP contribution in [0.1, 0.15) is 88.0 Å². The second-order valence-corrected chi connectivity index (χ2v) is 8.05. The number of ether oxygens (including phenoxy) is 3. The maximum atomic E-state index is 11.4. The van der Waals surface area contributed by atoms with E-state index in [1.165, 1.54) is 23.8 Å². The Balaban J connectivity index is -0.000000162. The summed E-state index contributed by atoms with van der Waals surface area (Å²) in [5.41, 5.74) is 11.1. The molecule has 212 valence electrons. The standard InChI is InChI=1S/C13H25NO4.C9H17NO4.2CH4.HI/c1-4-5-8-17-11(15)7-6-9-18-13(16)12(14)10(2)3;1-6(2)8(10)9(13)14-5-3-4-7(11)12;;;/h10,12H,4-9,14H2,1-3H3;6,8H,3-5,10H2,1-2H3,(H,11,12);2*1H4;1H/t12-;8-;;;/m00.../s1/i/hD. The molecule has 5 N–H and O–H groups in total. The molecule has 11 heteroatoms. The summed E-state index contributed by atoms with van der Waals surface area (Å²) in [4.78, 5) is 43.8. The van der Waals surface area contributed by atoms with Gasteiger partial charge in [-0.25, -0.2) is 0 Å². The molecule has 0 aliphatic carbocycles. The minimum absolute atomic E-state index is 0. The van der Waals surface area contributed by atoms with Gasteiger partial charge in [0.25, 0.3) is 0 Å². The highest BCUT2D eigenvalue weighted by atomic mass is 127. The zero-order chi connectivity index (χ0) is 27.1. The van der Waals surface area contributed by atoms with E-state index in [1.807, 2.05) is 34.6 Å². The van der Waals surface area contributed by atoms with Crippen LogP contribution < -0.4 is 11.5 Å². The molecule has 0 unspecified atom stereocenters. The average Bonchev–Trinajstić information content (AvgIpc) is 2.79. The molecule has 0 fully saturated rings. The van der Waals surface area contributed by atoms with Crippen LogP contribution in [0.4, 0.5) is 0 Å².